The second kappa shape index (κ2) is 6.74. The van der Waals surface area contributed by atoms with E-state index in [0.29, 0.717) is 0 Å². The number of esters is 1. The topological polar surface area (TPSA) is 26.3 Å². The lowest BCUT2D eigenvalue weighted by molar-refractivity contribution is -0.423. The monoisotopic (exact) mass is 402 g/mol. The molecule has 0 rings (SSSR count). The fourth-order valence-corrected chi connectivity index (χ4v) is 1.23. The Morgan fingerprint density at radius 1 is 0.840 bits per heavy atom. The molecule has 0 saturated heterocycles. The van der Waals surface area contributed by atoms with Gasteiger partial charge in [0.05, 0.1) is 12.3 Å². The van der Waals surface area contributed by atoms with Gasteiger partial charge >= 0.3 is 36.0 Å². The predicted molar refractivity (Wildman–Crippen MR) is 56.3 cm³/mol. The number of hydrogen-bond donors (Lipinski definition) is 0. The zero-order chi connectivity index (χ0) is 20.6. The van der Waals surface area contributed by atoms with E-state index in [9.17, 15) is 57.5 Å². The van der Waals surface area contributed by atoms with E-state index in [1.807, 2.05) is 0 Å². The van der Waals surface area contributed by atoms with Gasteiger partial charge in [-0.05, 0) is 0 Å². The Bertz CT molecular complexity index is 482. The van der Waals surface area contributed by atoms with Crippen molar-refractivity contribution in [3.63, 3.8) is 0 Å². The summed E-state index contributed by atoms with van der Waals surface area (Å²) in [7, 11) is 0. The van der Waals surface area contributed by atoms with Crippen LogP contribution in [0.15, 0.2) is 0 Å². The Balaban J connectivity index is 5.81. The van der Waals surface area contributed by atoms with E-state index in [2.05, 4.69) is 4.74 Å². The Kier molecular flexibility index (Phi) is 6.37. The largest absolute Gasteiger partial charge is 0.473 e. The average molecular weight is 402 g/mol. The second-order valence-electron chi connectivity index (χ2n) is 5.15. The maximum Gasteiger partial charge on any atom is 0.473 e. The summed E-state index contributed by atoms with van der Waals surface area (Å²) in [5, 5.41) is 0. The molecule has 0 aliphatic heterocycles. The van der Waals surface area contributed by atoms with Crippen LogP contribution in [0.5, 0.6) is 0 Å². The molecule has 0 aliphatic rings. The van der Waals surface area contributed by atoms with Crippen LogP contribution in [0, 0.1) is 5.92 Å². The summed E-state index contributed by atoms with van der Waals surface area (Å²) in [4.78, 5) is 10.8. The highest BCUT2D eigenvalue weighted by atomic mass is 19.4. The van der Waals surface area contributed by atoms with Crippen molar-refractivity contribution in [2.24, 2.45) is 5.92 Å². The lowest BCUT2D eigenvalue weighted by atomic mass is 9.97. The molecule has 0 heterocycles. The molecule has 0 bridgehead atoms. The zero-order valence-corrected chi connectivity index (χ0v) is 12.2. The van der Waals surface area contributed by atoms with E-state index < -0.39 is 54.5 Å². The smallest absolute Gasteiger partial charge is 0.396 e. The maximum atomic E-state index is 13.2. The van der Waals surface area contributed by atoms with Gasteiger partial charge in [-0.3, -0.25) is 4.79 Å². The first-order valence-corrected chi connectivity index (χ1v) is 6.15. The van der Waals surface area contributed by atoms with Gasteiger partial charge in [-0.2, -0.15) is 48.3 Å². The van der Waals surface area contributed by atoms with E-state index >= 15 is 0 Å². The van der Waals surface area contributed by atoms with Crippen molar-refractivity contribution >= 4 is 5.97 Å². The summed E-state index contributed by atoms with van der Waals surface area (Å²) in [6.07, 6.45) is -20.6. The van der Waals surface area contributed by atoms with Crippen LogP contribution in [0.25, 0.3) is 0 Å². The molecule has 1 atom stereocenters. The molecule has 0 N–H and O–H groups in total. The summed E-state index contributed by atoms with van der Waals surface area (Å²) in [6.45, 7) is 1.59. The number of carbonyl (C=O) groups excluding carboxylic acids is 1. The Labute approximate surface area is 132 Å². The summed E-state index contributed by atoms with van der Waals surface area (Å²) < 4.78 is 156. The SMILES string of the molecule is CC(C)C(=O)OC(F)(F)C(F)(F)C(F)(F)C(F)(F)C(F)CC(F)(F)F. The molecule has 0 radical (unpaired) electrons. The van der Waals surface area contributed by atoms with E-state index in [4.69, 9.17) is 0 Å². The molecule has 2 nitrogen and oxygen atoms in total. The summed E-state index contributed by atoms with van der Waals surface area (Å²) >= 11 is 0. The first-order valence-electron chi connectivity index (χ1n) is 6.15. The number of ether oxygens (including phenoxy) is 1. The standard InChI is InChI=1S/C11H10F12O2/c1-4(2)6(24)25-11(22,23)10(20,21)9(18,19)8(16,17)5(12)3-7(13,14)15/h4-5H,3H2,1-2H3. The van der Waals surface area contributed by atoms with E-state index in [1.165, 1.54) is 0 Å². The molecule has 25 heavy (non-hydrogen) atoms. The van der Waals surface area contributed by atoms with Gasteiger partial charge in [0.2, 0.25) is 0 Å². The van der Waals surface area contributed by atoms with E-state index in [-0.39, 0.29) is 0 Å². The second-order valence-corrected chi connectivity index (χ2v) is 5.15. The normalized spacial score (nSPS) is 16.1. The van der Waals surface area contributed by atoms with Crippen LogP contribution in [0.4, 0.5) is 52.7 Å². The molecule has 0 amide bonds. The lowest BCUT2D eigenvalue weighted by Crippen LogP contribution is -2.66. The molecule has 0 aromatic carbocycles. The quantitative estimate of drug-likeness (QED) is 0.444. The third-order valence-corrected chi connectivity index (χ3v) is 2.68. The summed E-state index contributed by atoms with van der Waals surface area (Å²) in [5.74, 6) is -25.2. The van der Waals surface area contributed by atoms with Gasteiger partial charge < -0.3 is 4.74 Å². The molecule has 14 heteroatoms. The molecule has 0 fully saturated rings. The first kappa shape index (κ1) is 23.6. The fourth-order valence-electron chi connectivity index (χ4n) is 1.23. The molecule has 0 spiro atoms. The number of hydrogen-bond acceptors (Lipinski definition) is 2. The van der Waals surface area contributed by atoms with Crippen molar-refractivity contribution in [1.82, 2.24) is 0 Å². The molecule has 0 aromatic rings. The van der Waals surface area contributed by atoms with Gasteiger partial charge in [0, 0.05) is 0 Å². The van der Waals surface area contributed by atoms with Crippen molar-refractivity contribution < 1.29 is 62.2 Å². The number of carbonyl (C=O) groups is 1. The summed E-state index contributed by atoms with van der Waals surface area (Å²) in [6, 6.07) is 0. The highest BCUT2D eigenvalue weighted by molar-refractivity contribution is 5.71. The molecule has 0 aromatic heterocycles. The zero-order valence-electron chi connectivity index (χ0n) is 12.2. The highest BCUT2D eigenvalue weighted by Crippen LogP contribution is 2.55. The predicted octanol–water partition coefficient (Wildman–Crippen LogP) is 4.97. The van der Waals surface area contributed by atoms with Gasteiger partial charge in [0.15, 0.2) is 6.17 Å². The molecule has 150 valence electrons. The van der Waals surface area contributed by atoms with Gasteiger partial charge in [-0.25, -0.2) is 4.39 Å². The van der Waals surface area contributed by atoms with Gasteiger partial charge in [0.25, 0.3) is 0 Å². The van der Waals surface area contributed by atoms with Crippen LogP contribution >= 0.6 is 0 Å². The van der Waals surface area contributed by atoms with Crippen LogP contribution in [0.2, 0.25) is 0 Å². The molecular weight excluding hydrogens is 392 g/mol. The Morgan fingerprint density at radius 3 is 1.56 bits per heavy atom. The van der Waals surface area contributed by atoms with Gasteiger partial charge in [-0.15, -0.1) is 0 Å². The minimum atomic E-state index is -7.33. The third-order valence-electron chi connectivity index (χ3n) is 2.68. The number of rotatable bonds is 7. The van der Waals surface area contributed by atoms with Crippen LogP contribution in [-0.4, -0.2) is 42.2 Å². The third kappa shape index (κ3) is 4.63. The van der Waals surface area contributed by atoms with E-state index in [1.54, 1.807) is 0 Å². The van der Waals surface area contributed by atoms with Gasteiger partial charge in [0.1, 0.15) is 0 Å². The van der Waals surface area contributed by atoms with Crippen molar-refractivity contribution in [3.05, 3.63) is 0 Å². The van der Waals surface area contributed by atoms with Crippen molar-refractivity contribution in [2.75, 3.05) is 0 Å². The molecular formula is C11H10F12O2. The van der Waals surface area contributed by atoms with Crippen LogP contribution in [0.1, 0.15) is 20.3 Å². The van der Waals surface area contributed by atoms with Crippen molar-refractivity contribution in [3.8, 4) is 0 Å². The highest BCUT2D eigenvalue weighted by Gasteiger charge is 2.84. The fraction of sp³-hybridized carbons (Fsp3) is 0.909. The van der Waals surface area contributed by atoms with Crippen molar-refractivity contribution in [1.29, 1.82) is 0 Å². The Morgan fingerprint density at radius 2 is 1.24 bits per heavy atom. The van der Waals surface area contributed by atoms with Crippen LogP contribution in [0.3, 0.4) is 0 Å². The number of halogens is 12. The maximum absolute atomic E-state index is 13.2. The van der Waals surface area contributed by atoms with E-state index in [0.717, 1.165) is 13.8 Å². The minimum absolute atomic E-state index is 0.796. The summed E-state index contributed by atoms with van der Waals surface area (Å²) in [5.41, 5.74) is 0. The molecule has 0 saturated carbocycles. The number of alkyl halides is 12. The van der Waals surface area contributed by atoms with Gasteiger partial charge in [-0.1, -0.05) is 13.8 Å². The molecule has 1 unspecified atom stereocenters. The lowest BCUT2D eigenvalue weighted by Gasteiger charge is -2.37. The Hall–Kier alpha value is -1.37. The van der Waals surface area contributed by atoms with Crippen LogP contribution in [-0.2, 0) is 9.53 Å². The van der Waals surface area contributed by atoms with Crippen molar-refractivity contribution in [2.45, 2.75) is 56.5 Å². The minimum Gasteiger partial charge on any atom is -0.396 e. The first-order chi connectivity index (χ1) is 10.7. The van der Waals surface area contributed by atoms with Crippen LogP contribution < -0.4 is 0 Å². The average Bonchev–Trinajstić information content (AvgIpc) is 2.34. The molecule has 0 aliphatic carbocycles.